The molecule has 1 nitrogen and oxygen atoms in total. The predicted molar refractivity (Wildman–Crippen MR) is 58.8 cm³/mol. The molecule has 0 spiro atoms. The molecule has 0 amide bonds. The van der Waals surface area contributed by atoms with E-state index in [1.165, 1.54) is 38.8 Å². The predicted octanol–water partition coefficient (Wildman–Crippen LogP) is 3.06. The largest absolute Gasteiger partial charge is 0.316 e. The SMILES string of the molecule is CCC(CC)C1CCNCC1CC. The van der Waals surface area contributed by atoms with Gasteiger partial charge in [-0.2, -0.15) is 0 Å². The van der Waals surface area contributed by atoms with Crippen LogP contribution in [0.1, 0.15) is 46.5 Å². The van der Waals surface area contributed by atoms with Crippen LogP contribution in [0, 0.1) is 17.8 Å². The lowest BCUT2D eigenvalue weighted by Gasteiger charge is -2.36. The van der Waals surface area contributed by atoms with Gasteiger partial charge in [-0.15, -0.1) is 0 Å². The van der Waals surface area contributed by atoms with Gasteiger partial charge in [0.1, 0.15) is 0 Å². The van der Waals surface area contributed by atoms with E-state index in [4.69, 9.17) is 0 Å². The summed E-state index contributed by atoms with van der Waals surface area (Å²) >= 11 is 0. The fourth-order valence-electron chi connectivity index (χ4n) is 2.91. The molecular weight excluding hydrogens is 158 g/mol. The van der Waals surface area contributed by atoms with E-state index in [-0.39, 0.29) is 0 Å². The van der Waals surface area contributed by atoms with Gasteiger partial charge in [-0.1, -0.05) is 40.0 Å². The maximum atomic E-state index is 3.52. The van der Waals surface area contributed by atoms with Gasteiger partial charge in [-0.25, -0.2) is 0 Å². The Balaban J connectivity index is 2.51. The molecule has 1 N–H and O–H groups in total. The highest BCUT2D eigenvalue weighted by Crippen LogP contribution is 2.32. The number of hydrogen-bond acceptors (Lipinski definition) is 1. The fourth-order valence-corrected chi connectivity index (χ4v) is 2.91. The van der Waals surface area contributed by atoms with Crippen molar-refractivity contribution >= 4 is 0 Å². The van der Waals surface area contributed by atoms with E-state index in [1.807, 2.05) is 0 Å². The van der Waals surface area contributed by atoms with E-state index >= 15 is 0 Å². The molecule has 0 aliphatic carbocycles. The summed E-state index contributed by atoms with van der Waals surface area (Å²) in [5.41, 5.74) is 0. The van der Waals surface area contributed by atoms with Crippen molar-refractivity contribution in [3.8, 4) is 0 Å². The lowest BCUT2D eigenvalue weighted by molar-refractivity contribution is 0.161. The van der Waals surface area contributed by atoms with Gasteiger partial charge in [0.05, 0.1) is 0 Å². The van der Waals surface area contributed by atoms with Gasteiger partial charge in [0.2, 0.25) is 0 Å². The summed E-state index contributed by atoms with van der Waals surface area (Å²) in [6.07, 6.45) is 5.51. The highest BCUT2D eigenvalue weighted by atomic mass is 14.9. The van der Waals surface area contributed by atoms with Crippen LogP contribution < -0.4 is 5.32 Å². The molecular formula is C12H25N. The van der Waals surface area contributed by atoms with E-state index in [0.29, 0.717) is 0 Å². The molecule has 0 radical (unpaired) electrons. The van der Waals surface area contributed by atoms with Crippen LogP contribution in [0.2, 0.25) is 0 Å². The van der Waals surface area contributed by atoms with Crippen LogP contribution >= 0.6 is 0 Å². The Hall–Kier alpha value is -0.0400. The van der Waals surface area contributed by atoms with Crippen molar-refractivity contribution < 1.29 is 0 Å². The van der Waals surface area contributed by atoms with Gasteiger partial charge in [0.15, 0.2) is 0 Å². The quantitative estimate of drug-likeness (QED) is 0.706. The fraction of sp³-hybridized carbons (Fsp3) is 1.00. The molecule has 1 saturated heterocycles. The lowest BCUT2D eigenvalue weighted by atomic mass is 9.74. The first-order valence-corrected chi connectivity index (χ1v) is 6.04. The van der Waals surface area contributed by atoms with Crippen LogP contribution in [0.4, 0.5) is 0 Å². The summed E-state index contributed by atoms with van der Waals surface area (Å²) in [5.74, 6) is 2.92. The van der Waals surface area contributed by atoms with Gasteiger partial charge in [0, 0.05) is 0 Å². The molecule has 0 aromatic rings. The van der Waals surface area contributed by atoms with Crippen LogP contribution in [0.15, 0.2) is 0 Å². The minimum atomic E-state index is 0.943. The third-order valence-electron chi connectivity index (χ3n) is 3.85. The second-order valence-electron chi connectivity index (χ2n) is 4.40. The van der Waals surface area contributed by atoms with E-state index in [2.05, 4.69) is 26.1 Å². The van der Waals surface area contributed by atoms with Crippen molar-refractivity contribution in [2.45, 2.75) is 46.5 Å². The summed E-state index contributed by atoms with van der Waals surface area (Å²) in [7, 11) is 0. The molecule has 1 heterocycles. The van der Waals surface area contributed by atoms with Gasteiger partial charge in [-0.05, 0) is 37.3 Å². The topological polar surface area (TPSA) is 12.0 Å². The average Bonchev–Trinajstić information content (AvgIpc) is 2.20. The Kier molecular flexibility index (Phi) is 4.79. The maximum absolute atomic E-state index is 3.52. The second kappa shape index (κ2) is 5.64. The summed E-state index contributed by atoms with van der Waals surface area (Å²) in [5, 5.41) is 3.52. The molecule has 1 heteroatoms. The molecule has 2 unspecified atom stereocenters. The molecule has 78 valence electrons. The number of piperidine rings is 1. The van der Waals surface area contributed by atoms with E-state index < -0.39 is 0 Å². The van der Waals surface area contributed by atoms with E-state index in [1.54, 1.807) is 0 Å². The smallest absolute Gasteiger partial charge is 0.00179 e. The molecule has 1 fully saturated rings. The molecule has 0 bridgehead atoms. The maximum Gasteiger partial charge on any atom is -0.00179 e. The van der Waals surface area contributed by atoms with Crippen molar-refractivity contribution in [1.29, 1.82) is 0 Å². The molecule has 0 saturated carbocycles. The Morgan fingerprint density at radius 1 is 1.23 bits per heavy atom. The Morgan fingerprint density at radius 2 is 1.92 bits per heavy atom. The average molecular weight is 183 g/mol. The summed E-state index contributed by atoms with van der Waals surface area (Å²) < 4.78 is 0. The highest BCUT2D eigenvalue weighted by Gasteiger charge is 2.28. The minimum Gasteiger partial charge on any atom is -0.316 e. The van der Waals surface area contributed by atoms with Crippen molar-refractivity contribution in [3.05, 3.63) is 0 Å². The zero-order valence-electron chi connectivity index (χ0n) is 9.47. The summed E-state index contributed by atoms with van der Waals surface area (Å²) in [4.78, 5) is 0. The van der Waals surface area contributed by atoms with Crippen LogP contribution in [-0.4, -0.2) is 13.1 Å². The second-order valence-corrected chi connectivity index (χ2v) is 4.40. The normalized spacial score (nSPS) is 29.5. The third-order valence-corrected chi connectivity index (χ3v) is 3.85. The Morgan fingerprint density at radius 3 is 2.46 bits per heavy atom. The van der Waals surface area contributed by atoms with Gasteiger partial charge in [0.25, 0.3) is 0 Å². The first-order chi connectivity index (χ1) is 6.33. The van der Waals surface area contributed by atoms with Crippen LogP contribution in [0.5, 0.6) is 0 Å². The van der Waals surface area contributed by atoms with Crippen LogP contribution in [0.3, 0.4) is 0 Å². The monoisotopic (exact) mass is 183 g/mol. The van der Waals surface area contributed by atoms with Gasteiger partial charge in [-0.3, -0.25) is 0 Å². The number of hydrogen-bond donors (Lipinski definition) is 1. The molecule has 2 atom stereocenters. The van der Waals surface area contributed by atoms with Crippen molar-refractivity contribution in [3.63, 3.8) is 0 Å². The van der Waals surface area contributed by atoms with Crippen molar-refractivity contribution in [1.82, 2.24) is 5.32 Å². The molecule has 0 aromatic carbocycles. The number of rotatable bonds is 4. The van der Waals surface area contributed by atoms with Gasteiger partial charge < -0.3 is 5.32 Å². The molecule has 1 aliphatic heterocycles. The van der Waals surface area contributed by atoms with E-state index in [9.17, 15) is 0 Å². The Bertz CT molecular complexity index is 122. The molecule has 1 aliphatic rings. The minimum absolute atomic E-state index is 0.943. The first-order valence-electron chi connectivity index (χ1n) is 6.04. The highest BCUT2D eigenvalue weighted by molar-refractivity contribution is 4.81. The summed E-state index contributed by atoms with van der Waals surface area (Å²) in [6.45, 7) is 9.55. The van der Waals surface area contributed by atoms with Crippen LogP contribution in [-0.2, 0) is 0 Å². The third kappa shape index (κ3) is 2.70. The molecule has 13 heavy (non-hydrogen) atoms. The first kappa shape index (κ1) is 11.0. The van der Waals surface area contributed by atoms with Gasteiger partial charge >= 0.3 is 0 Å². The number of nitrogens with one attached hydrogen (secondary N) is 1. The zero-order valence-corrected chi connectivity index (χ0v) is 9.47. The van der Waals surface area contributed by atoms with Crippen molar-refractivity contribution in [2.24, 2.45) is 17.8 Å². The lowest BCUT2D eigenvalue weighted by Crippen LogP contribution is -2.39. The Labute approximate surface area is 83.3 Å². The standard InChI is InChI=1S/C12H25N/c1-4-10(5-2)12-7-8-13-9-11(12)6-3/h10-13H,4-9H2,1-3H3. The summed E-state index contributed by atoms with van der Waals surface area (Å²) in [6, 6.07) is 0. The zero-order chi connectivity index (χ0) is 9.68. The molecule has 0 aromatic heterocycles. The van der Waals surface area contributed by atoms with Crippen LogP contribution in [0.25, 0.3) is 0 Å². The van der Waals surface area contributed by atoms with Crippen molar-refractivity contribution in [2.75, 3.05) is 13.1 Å². The van der Waals surface area contributed by atoms with E-state index in [0.717, 1.165) is 17.8 Å². The molecule has 1 rings (SSSR count).